The van der Waals surface area contributed by atoms with Crippen LogP contribution in [0.25, 0.3) is 5.57 Å². The molecule has 1 aliphatic heterocycles. The third-order valence-electron chi connectivity index (χ3n) is 3.31. The Morgan fingerprint density at radius 3 is 2.68 bits per heavy atom. The van der Waals surface area contributed by atoms with E-state index in [2.05, 4.69) is 30.9 Å². The van der Waals surface area contributed by atoms with Crippen LogP contribution in [-0.4, -0.2) is 13.1 Å². The second-order valence-corrected chi connectivity index (χ2v) is 4.46. The molecule has 1 aliphatic rings. The molecule has 0 amide bonds. The van der Waals surface area contributed by atoms with Crippen molar-refractivity contribution in [3.8, 4) is 11.8 Å². The number of hydrogen-bond acceptors (Lipinski definition) is 3. The first-order valence-corrected chi connectivity index (χ1v) is 6.54. The smallest absolute Gasteiger partial charge is 0.138 e. The molecule has 1 aromatic rings. The molecular formula is C16H18N2O. The number of anilines is 1. The summed E-state index contributed by atoms with van der Waals surface area (Å²) < 4.78 is 5.76. The maximum Gasteiger partial charge on any atom is 0.138 e. The zero-order chi connectivity index (χ0) is 13.8. The van der Waals surface area contributed by atoms with E-state index >= 15 is 0 Å². The van der Waals surface area contributed by atoms with Gasteiger partial charge in [-0.3, -0.25) is 0 Å². The molecule has 19 heavy (non-hydrogen) atoms. The minimum atomic E-state index is 0.601. The number of nitriles is 1. The third kappa shape index (κ3) is 2.63. The molecule has 1 heterocycles. The van der Waals surface area contributed by atoms with Crippen LogP contribution in [0.1, 0.15) is 26.3 Å². The van der Waals surface area contributed by atoms with Gasteiger partial charge in [0.2, 0.25) is 0 Å². The minimum absolute atomic E-state index is 0.601. The number of benzene rings is 1. The lowest BCUT2D eigenvalue weighted by molar-refractivity contribution is 0.439. The largest absolute Gasteiger partial charge is 0.456 e. The Hall–Kier alpha value is -2.21. The summed E-state index contributed by atoms with van der Waals surface area (Å²) in [5.41, 5.74) is 3.36. The van der Waals surface area contributed by atoms with E-state index in [0.717, 1.165) is 35.7 Å². The van der Waals surface area contributed by atoms with Gasteiger partial charge in [-0.1, -0.05) is 0 Å². The highest BCUT2D eigenvalue weighted by Crippen LogP contribution is 2.35. The van der Waals surface area contributed by atoms with E-state index in [4.69, 9.17) is 10.00 Å². The predicted molar refractivity (Wildman–Crippen MR) is 78.0 cm³/mol. The van der Waals surface area contributed by atoms with E-state index in [1.54, 1.807) is 0 Å². The lowest BCUT2D eigenvalue weighted by Gasteiger charge is -2.24. The van der Waals surface area contributed by atoms with Crippen molar-refractivity contribution in [1.82, 2.24) is 0 Å². The van der Waals surface area contributed by atoms with E-state index in [1.807, 2.05) is 25.1 Å². The first-order chi connectivity index (χ1) is 9.19. The van der Waals surface area contributed by atoms with Crippen molar-refractivity contribution < 1.29 is 4.74 Å². The van der Waals surface area contributed by atoms with E-state index in [1.165, 1.54) is 6.08 Å². The van der Waals surface area contributed by atoms with Gasteiger partial charge in [0, 0.05) is 30.4 Å². The summed E-state index contributed by atoms with van der Waals surface area (Å²) in [6, 6.07) is 8.25. The van der Waals surface area contributed by atoms with Crippen LogP contribution in [0.2, 0.25) is 0 Å². The lowest BCUT2D eigenvalue weighted by atomic mass is 10.0. The van der Waals surface area contributed by atoms with Gasteiger partial charge in [0.15, 0.2) is 0 Å². The Labute approximate surface area is 114 Å². The molecule has 98 valence electrons. The van der Waals surface area contributed by atoms with Gasteiger partial charge in [-0.2, -0.15) is 5.26 Å². The Bertz CT molecular complexity index is 575. The standard InChI is InChI=1S/C16H18N2O/c1-4-18(5-2)13-6-7-15-12(3)10-14(8-9-17)19-16(15)11-13/h6-8,10-11H,4-5H2,1-3H3/b14-8-. The molecule has 2 rings (SSSR count). The highest BCUT2D eigenvalue weighted by Gasteiger charge is 2.15. The average molecular weight is 254 g/mol. The lowest BCUT2D eigenvalue weighted by Crippen LogP contribution is -2.21. The van der Waals surface area contributed by atoms with Gasteiger partial charge in [-0.15, -0.1) is 0 Å². The summed E-state index contributed by atoms with van der Waals surface area (Å²) in [6.07, 6.45) is 3.32. The molecule has 0 fully saturated rings. The topological polar surface area (TPSA) is 36.3 Å². The molecule has 1 aromatic carbocycles. The molecule has 0 saturated heterocycles. The fourth-order valence-corrected chi connectivity index (χ4v) is 2.29. The Morgan fingerprint density at radius 2 is 2.05 bits per heavy atom. The molecule has 0 N–H and O–H groups in total. The normalized spacial score (nSPS) is 15.3. The van der Waals surface area contributed by atoms with Crippen LogP contribution in [0, 0.1) is 11.3 Å². The van der Waals surface area contributed by atoms with Crippen molar-refractivity contribution in [3.05, 3.63) is 41.7 Å². The van der Waals surface area contributed by atoms with Crippen LogP contribution in [0.4, 0.5) is 5.69 Å². The summed E-state index contributed by atoms with van der Waals surface area (Å²) >= 11 is 0. The molecule has 0 aromatic heterocycles. The maximum absolute atomic E-state index is 8.73. The maximum atomic E-state index is 8.73. The SMILES string of the molecule is CCN(CC)c1ccc2c(c1)O/C(=C\C#N)C=C2C. The monoisotopic (exact) mass is 254 g/mol. The fraction of sp³-hybridized carbons (Fsp3) is 0.312. The second-order valence-electron chi connectivity index (χ2n) is 4.46. The molecule has 0 unspecified atom stereocenters. The van der Waals surface area contributed by atoms with Gasteiger partial charge in [-0.25, -0.2) is 0 Å². The van der Waals surface area contributed by atoms with E-state index in [9.17, 15) is 0 Å². The molecule has 3 heteroatoms. The van der Waals surface area contributed by atoms with Crippen LogP contribution in [-0.2, 0) is 0 Å². The summed E-state index contributed by atoms with van der Waals surface area (Å²) in [4.78, 5) is 2.27. The Balaban J connectivity index is 2.42. The minimum Gasteiger partial charge on any atom is -0.456 e. The zero-order valence-corrected chi connectivity index (χ0v) is 11.6. The number of nitrogens with zero attached hydrogens (tertiary/aromatic N) is 2. The molecule has 0 atom stereocenters. The molecule has 0 spiro atoms. The molecular weight excluding hydrogens is 236 g/mol. The summed E-state index contributed by atoms with van der Waals surface area (Å²) in [5, 5.41) is 8.73. The number of allylic oxidation sites excluding steroid dienone is 3. The highest BCUT2D eigenvalue weighted by molar-refractivity contribution is 5.75. The van der Waals surface area contributed by atoms with E-state index in [0.29, 0.717) is 5.76 Å². The molecule has 0 radical (unpaired) electrons. The van der Waals surface area contributed by atoms with Gasteiger partial charge in [0.1, 0.15) is 11.5 Å². The van der Waals surface area contributed by atoms with E-state index in [-0.39, 0.29) is 0 Å². The van der Waals surface area contributed by atoms with Crippen molar-refractivity contribution in [1.29, 1.82) is 5.26 Å². The summed E-state index contributed by atoms with van der Waals surface area (Å²) in [5.74, 6) is 1.43. The molecule has 0 bridgehead atoms. The predicted octanol–water partition coefficient (Wildman–Crippen LogP) is 3.74. The van der Waals surface area contributed by atoms with Crippen molar-refractivity contribution in [3.63, 3.8) is 0 Å². The number of ether oxygens (including phenoxy) is 1. The highest BCUT2D eigenvalue weighted by atomic mass is 16.5. The number of rotatable bonds is 3. The van der Waals surface area contributed by atoms with Crippen molar-refractivity contribution >= 4 is 11.3 Å². The van der Waals surface area contributed by atoms with Crippen LogP contribution >= 0.6 is 0 Å². The van der Waals surface area contributed by atoms with Crippen molar-refractivity contribution in [2.75, 3.05) is 18.0 Å². The van der Waals surface area contributed by atoms with Crippen LogP contribution in [0.15, 0.2) is 36.1 Å². The Kier molecular flexibility index (Phi) is 3.91. The van der Waals surface area contributed by atoms with Crippen LogP contribution < -0.4 is 9.64 Å². The number of hydrogen-bond donors (Lipinski definition) is 0. The Morgan fingerprint density at radius 1 is 1.32 bits per heavy atom. The summed E-state index contributed by atoms with van der Waals surface area (Å²) in [6.45, 7) is 8.23. The quantitative estimate of drug-likeness (QED) is 0.771. The van der Waals surface area contributed by atoms with Gasteiger partial charge < -0.3 is 9.64 Å². The first-order valence-electron chi connectivity index (χ1n) is 6.54. The van der Waals surface area contributed by atoms with Gasteiger partial charge in [-0.05, 0) is 44.6 Å². The van der Waals surface area contributed by atoms with Gasteiger partial charge in [0.25, 0.3) is 0 Å². The third-order valence-corrected chi connectivity index (χ3v) is 3.31. The van der Waals surface area contributed by atoms with Crippen LogP contribution in [0.5, 0.6) is 5.75 Å². The molecule has 0 aliphatic carbocycles. The first kappa shape index (κ1) is 13.2. The second kappa shape index (κ2) is 5.62. The molecule has 3 nitrogen and oxygen atoms in total. The van der Waals surface area contributed by atoms with Crippen molar-refractivity contribution in [2.45, 2.75) is 20.8 Å². The van der Waals surface area contributed by atoms with Crippen LogP contribution in [0.3, 0.4) is 0 Å². The molecule has 0 saturated carbocycles. The summed E-state index contributed by atoms with van der Waals surface area (Å²) in [7, 11) is 0. The van der Waals surface area contributed by atoms with Gasteiger partial charge in [0.05, 0.1) is 12.1 Å². The van der Waals surface area contributed by atoms with Crippen molar-refractivity contribution in [2.24, 2.45) is 0 Å². The van der Waals surface area contributed by atoms with Gasteiger partial charge >= 0.3 is 0 Å². The average Bonchev–Trinajstić information content (AvgIpc) is 2.40. The zero-order valence-electron chi connectivity index (χ0n) is 11.6. The fourth-order valence-electron chi connectivity index (χ4n) is 2.29. The van der Waals surface area contributed by atoms with E-state index < -0.39 is 0 Å². The number of fused-ring (bicyclic) bond motifs is 1.